The van der Waals surface area contributed by atoms with Crippen LogP contribution in [0.15, 0.2) is 74.6 Å². The fourth-order valence-corrected chi connectivity index (χ4v) is 6.72. The number of methoxy groups -OCH3 is 2. The van der Waals surface area contributed by atoms with Gasteiger partial charge in [0.1, 0.15) is 6.61 Å². The molecule has 46 heavy (non-hydrogen) atoms. The number of fused-ring (bicyclic) bond motifs is 1. The van der Waals surface area contributed by atoms with E-state index in [-0.39, 0.29) is 17.7 Å². The lowest BCUT2D eigenvalue weighted by Crippen LogP contribution is -2.39. The number of benzene rings is 3. The van der Waals surface area contributed by atoms with Crippen LogP contribution in [-0.2, 0) is 16.1 Å². The average Bonchev–Trinajstić information content (AvgIpc) is 3.36. The van der Waals surface area contributed by atoms with Crippen LogP contribution >= 0.6 is 50.5 Å². The highest BCUT2D eigenvalue weighted by atomic mass is 79.9. The number of thiazole rings is 1. The van der Waals surface area contributed by atoms with E-state index in [0.717, 1.165) is 5.56 Å². The summed E-state index contributed by atoms with van der Waals surface area (Å²) < 4.78 is 30.8. The van der Waals surface area contributed by atoms with Crippen LogP contribution in [-0.4, -0.2) is 38.0 Å². The Kier molecular flexibility index (Phi) is 10.8. The Morgan fingerprint density at radius 3 is 2.41 bits per heavy atom. The predicted molar refractivity (Wildman–Crippen MR) is 181 cm³/mol. The molecule has 0 bridgehead atoms. The molecule has 0 saturated carbocycles. The van der Waals surface area contributed by atoms with Crippen molar-refractivity contribution in [3.8, 4) is 23.0 Å². The van der Waals surface area contributed by atoms with Gasteiger partial charge in [0.05, 0.1) is 43.6 Å². The molecule has 1 atom stereocenters. The first-order valence-corrected chi connectivity index (χ1v) is 16.5. The molecular weight excluding hydrogens is 719 g/mol. The second-order valence-electron chi connectivity index (χ2n) is 9.80. The highest BCUT2D eigenvalue weighted by Crippen LogP contribution is 2.36. The van der Waals surface area contributed by atoms with Crippen LogP contribution in [0.2, 0.25) is 10.0 Å². The van der Waals surface area contributed by atoms with Crippen molar-refractivity contribution in [2.45, 2.75) is 26.5 Å². The van der Waals surface area contributed by atoms with E-state index in [0.29, 0.717) is 71.2 Å². The predicted octanol–water partition coefficient (Wildman–Crippen LogP) is 6.47. The minimum atomic E-state index is -0.811. The number of carbonyl (C=O) groups excluding carboxylic acids is 1. The van der Waals surface area contributed by atoms with Gasteiger partial charge in [0, 0.05) is 26.3 Å². The Bertz CT molecular complexity index is 2010. The van der Waals surface area contributed by atoms with Crippen molar-refractivity contribution in [3.63, 3.8) is 0 Å². The van der Waals surface area contributed by atoms with Crippen molar-refractivity contribution in [1.82, 2.24) is 4.57 Å². The van der Waals surface area contributed by atoms with Gasteiger partial charge in [-0.3, -0.25) is 9.36 Å². The average molecular weight is 748 g/mol. The van der Waals surface area contributed by atoms with E-state index in [1.165, 1.54) is 36.3 Å². The van der Waals surface area contributed by atoms with Gasteiger partial charge in [-0.1, -0.05) is 62.6 Å². The molecule has 5 rings (SSSR count). The third-order valence-electron chi connectivity index (χ3n) is 6.98. The smallest absolute Gasteiger partial charge is 0.337 e. The Morgan fingerprint density at radius 2 is 1.72 bits per heavy atom. The Labute approximate surface area is 287 Å². The second-order valence-corrected chi connectivity index (χ2v) is 12.5. The normalized spacial score (nSPS) is 14.2. The zero-order chi connectivity index (χ0) is 33.0. The van der Waals surface area contributed by atoms with E-state index in [2.05, 4.69) is 20.9 Å². The molecule has 1 aliphatic heterocycles. The van der Waals surface area contributed by atoms with Crippen LogP contribution in [0.4, 0.5) is 0 Å². The zero-order valence-electron chi connectivity index (χ0n) is 25.3. The first-order valence-electron chi connectivity index (χ1n) is 14.1. The lowest BCUT2D eigenvalue weighted by atomic mass is 9.97. The molecule has 0 fully saturated rings. The number of hydrogen-bond acceptors (Lipinski definition) is 9. The van der Waals surface area contributed by atoms with E-state index in [4.69, 9.17) is 46.9 Å². The summed E-state index contributed by atoms with van der Waals surface area (Å²) in [5, 5.41) is 1.02. The molecule has 0 radical (unpaired) electrons. The maximum atomic E-state index is 14.0. The maximum absolute atomic E-state index is 14.0. The van der Waals surface area contributed by atoms with E-state index in [1.807, 2.05) is 13.8 Å². The molecular formula is C33H29BrCl2N2O7S. The highest BCUT2D eigenvalue weighted by Gasteiger charge is 2.31. The van der Waals surface area contributed by atoms with E-state index in [9.17, 15) is 9.59 Å². The van der Waals surface area contributed by atoms with Crippen LogP contribution in [0, 0.1) is 0 Å². The summed E-state index contributed by atoms with van der Waals surface area (Å²) in [6.45, 7) is 4.79. The molecule has 0 N–H and O–H groups in total. The van der Waals surface area contributed by atoms with E-state index < -0.39 is 12.0 Å². The van der Waals surface area contributed by atoms with Crippen molar-refractivity contribution in [2.24, 2.45) is 4.99 Å². The van der Waals surface area contributed by atoms with Crippen molar-refractivity contribution in [2.75, 3.05) is 27.4 Å². The molecule has 0 unspecified atom stereocenters. The lowest BCUT2D eigenvalue weighted by molar-refractivity contribution is -0.136. The van der Waals surface area contributed by atoms with Gasteiger partial charge in [0.15, 0.2) is 27.8 Å². The molecule has 4 aromatic rings. The number of ether oxygens (including phenoxy) is 5. The van der Waals surface area contributed by atoms with Crippen LogP contribution in [0.1, 0.15) is 36.6 Å². The van der Waals surface area contributed by atoms with Crippen LogP contribution in [0.25, 0.3) is 6.08 Å². The Balaban J connectivity index is 1.56. The van der Waals surface area contributed by atoms with Gasteiger partial charge >= 0.3 is 5.97 Å². The van der Waals surface area contributed by atoms with Gasteiger partial charge in [0.2, 0.25) is 0 Å². The largest absolute Gasteiger partial charge is 0.493 e. The number of hydrogen-bond donors (Lipinski definition) is 0. The number of esters is 1. The highest BCUT2D eigenvalue weighted by molar-refractivity contribution is 9.10. The summed E-state index contributed by atoms with van der Waals surface area (Å²) in [4.78, 5) is 31.8. The summed E-state index contributed by atoms with van der Waals surface area (Å²) in [6.07, 6.45) is 3.18. The fraction of sp³-hybridized carbons (Fsp3) is 0.242. The second kappa shape index (κ2) is 14.8. The summed E-state index contributed by atoms with van der Waals surface area (Å²) in [7, 11) is 2.82. The molecule has 1 aliphatic rings. The standard InChI is InChI=1S/C33H29BrCl2N2O7S/c1-5-43-25-10-8-18(11-27(25)44-6-2)30-22(32(40)42-4)16-37-33-38(30)31(39)29(46-33)13-20-12-26(41-3)28(15-23(20)34)45-17-19-7-9-21(35)14-24(19)36/h7-16,30H,5-6,17H2,1-4H3/b29-13-/t30-/m1/s1. The van der Waals surface area contributed by atoms with Crippen LogP contribution < -0.4 is 33.8 Å². The minimum Gasteiger partial charge on any atom is -0.493 e. The van der Waals surface area contributed by atoms with E-state index >= 15 is 0 Å². The number of halogens is 3. The summed E-state index contributed by atoms with van der Waals surface area (Å²) in [5.41, 5.74) is 1.94. The molecule has 0 spiro atoms. The first-order chi connectivity index (χ1) is 22.2. The molecule has 0 saturated heterocycles. The quantitative estimate of drug-likeness (QED) is 0.162. The topological polar surface area (TPSA) is 97.6 Å². The summed E-state index contributed by atoms with van der Waals surface area (Å²) in [5.74, 6) is 1.39. The van der Waals surface area contributed by atoms with E-state index in [1.54, 1.807) is 54.6 Å². The van der Waals surface area contributed by atoms with Gasteiger partial charge in [-0.2, -0.15) is 0 Å². The van der Waals surface area contributed by atoms with Gasteiger partial charge in [-0.15, -0.1) is 0 Å². The fourth-order valence-electron chi connectivity index (χ4n) is 4.86. The Morgan fingerprint density at radius 1 is 0.978 bits per heavy atom. The van der Waals surface area contributed by atoms with Crippen molar-refractivity contribution in [1.29, 1.82) is 0 Å². The summed E-state index contributed by atoms with van der Waals surface area (Å²) in [6, 6.07) is 13.2. The SMILES string of the molecule is CCOc1ccc([C@@H]2C(C(=O)OC)=CN=c3s/c(=C\c4cc(OC)c(OCc5ccc(Cl)cc5Cl)cc4Br)c(=O)n32)cc1OCC. The van der Waals surface area contributed by atoms with Crippen LogP contribution in [0.5, 0.6) is 23.0 Å². The molecule has 1 aromatic heterocycles. The molecule has 0 amide bonds. The molecule has 2 heterocycles. The number of aromatic nitrogens is 1. The van der Waals surface area contributed by atoms with Gasteiger partial charge in [0.25, 0.3) is 5.56 Å². The molecule has 240 valence electrons. The first kappa shape index (κ1) is 33.6. The molecule has 0 aliphatic carbocycles. The lowest BCUT2D eigenvalue weighted by Gasteiger charge is -2.23. The summed E-state index contributed by atoms with van der Waals surface area (Å²) >= 11 is 17.1. The Hall–Kier alpha value is -3.77. The van der Waals surface area contributed by atoms with Gasteiger partial charge in [-0.25, -0.2) is 9.79 Å². The van der Waals surface area contributed by atoms with Crippen molar-refractivity contribution < 1.29 is 28.5 Å². The number of rotatable bonds is 11. The molecule has 3 aromatic carbocycles. The van der Waals surface area contributed by atoms with Crippen molar-refractivity contribution >= 4 is 62.5 Å². The van der Waals surface area contributed by atoms with Gasteiger partial charge < -0.3 is 23.7 Å². The maximum Gasteiger partial charge on any atom is 0.337 e. The molecule has 13 heteroatoms. The monoisotopic (exact) mass is 746 g/mol. The molecule has 9 nitrogen and oxygen atoms in total. The number of carbonyl (C=O) groups is 1. The van der Waals surface area contributed by atoms with Crippen molar-refractivity contribution in [3.05, 3.63) is 111 Å². The third kappa shape index (κ3) is 6.97. The minimum absolute atomic E-state index is 0.190. The van der Waals surface area contributed by atoms with Crippen LogP contribution in [0.3, 0.4) is 0 Å². The third-order valence-corrected chi connectivity index (χ3v) is 9.25. The zero-order valence-corrected chi connectivity index (χ0v) is 29.2. The van der Waals surface area contributed by atoms with Gasteiger partial charge in [-0.05, 0) is 67.4 Å². The number of nitrogens with zero attached hydrogens (tertiary/aromatic N) is 2.